The molecule has 0 saturated carbocycles. The first-order valence-corrected chi connectivity index (χ1v) is 11.4. The number of nitrogens with zero attached hydrogens (tertiary/aromatic N) is 2. The van der Waals surface area contributed by atoms with E-state index in [0.717, 1.165) is 31.9 Å². The lowest BCUT2D eigenvalue weighted by atomic mass is 10.2. The topological polar surface area (TPSA) is 69.7 Å². The number of piperazine rings is 1. The number of hydrogen-bond donors (Lipinski definition) is 1. The van der Waals surface area contributed by atoms with E-state index < -0.39 is 9.84 Å². The van der Waals surface area contributed by atoms with Gasteiger partial charge in [-0.05, 0) is 36.4 Å². The number of carbonyl (C=O) groups excluding carboxylic acids is 1. The van der Waals surface area contributed by atoms with E-state index in [1.54, 1.807) is 42.5 Å². The van der Waals surface area contributed by atoms with Crippen molar-refractivity contribution in [2.45, 2.75) is 11.3 Å². The first-order chi connectivity index (χ1) is 13.9. The van der Waals surface area contributed by atoms with Crippen LogP contribution >= 0.6 is 0 Å². The zero-order chi connectivity index (χ0) is 20.7. The van der Waals surface area contributed by atoms with Crippen molar-refractivity contribution in [3.05, 3.63) is 60.4 Å². The summed E-state index contributed by atoms with van der Waals surface area (Å²) < 4.78 is 37.5. The molecule has 1 fully saturated rings. The molecular weight excluding hydrogens is 393 g/mol. The molecule has 29 heavy (non-hydrogen) atoms. The van der Waals surface area contributed by atoms with E-state index in [9.17, 15) is 17.6 Å². The summed E-state index contributed by atoms with van der Waals surface area (Å²) in [7, 11) is -3.44. The van der Waals surface area contributed by atoms with Gasteiger partial charge in [0.2, 0.25) is 5.91 Å². The molecule has 8 heteroatoms. The van der Waals surface area contributed by atoms with Gasteiger partial charge >= 0.3 is 0 Å². The summed E-state index contributed by atoms with van der Waals surface area (Å²) in [5.41, 5.74) is 1.01. The van der Waals surface area contributed by atoms with E-state index in [4.69, 9.17) is 0 Å². The Morgan fingerprint density at radius 1 is 0.966 bits per heavy atom. The quantitative estimate of drug-likeness (QED) is 0.708. The van der Waals surface area contributed by atoms with Gasteiger partial charge in [-0.1, -0.05) is 18.2 Å². The molecule has 0 radical (unpaired) electrons. The summed E-state index contributed by atoms with van der Waals surface area (Å²) in [5.74, 6) is -0.687. The molecule has 0 aromatic heterocycles. The minimum Gasteiger partial charge on any atom is -0.369 e. The summed E-state index contributed by atoms with van der Waals surface area (Å²) in [6, 6.07) is 14.7. The third kappa shape index (κ3) is 6.27. The minimum atomic E-state index is -3.44. The molecule has 1 aliphatic rings. The van der Waals surface area contributed by atoms with Crippen molar-refractivity contribution in [3.63, 3.8) is 0 Å². The standard InChI is InChI=1S/C21H26FN3O3S/c22-18-6-8-19(9-7-18)25-15-13-24(14-16-25)12-11-23-21(26)10-17-29(27,28)20-4-2-1-3-5-20/h1-9H,10-17H2,(H,23,26). The van der Waals surface area contributed by atoms with Crippen LogP contribution < -0.4 is 10.2 Å². The first kappa shape index (κ1) is 21.3. The summed E-state index contributed by atoms with van der Waals surface area (Å²) in [6.07, 6.45) is -0.0461. The number of hydrogen-bond acceptors (Lipinski definition) is 5. The third-order valence-electron chi connectivity index (χ3n) is 5.01. The summed E-state index contributed by atoms with van der Waals surface area (Å²) in [6.45, 7) is 4.60. The Balaban J connectivity index is 1.34. The van der Waals surface area contributed by atoms with Gasteiger partial charge in [-0.25, -0.2) is 12.8 Å². The second-order valence-electron chi connectivity index (χ2n) is 7.04. The molecular formula is C21H26FN3O3S. The van der Waals surface area contributed by atoms with Gasteiger partial charge in [-0.2, -0.15) is 0 Å². The molecule has 2 aromatic carbocycles. The Kier molecular flexibility index (Phi) is 7.22. The highest BCUT2D eigenvalue weighted by Gasteiger charge is 2.18. The maximum atomic E-state index is 13.0. The summed E-state index contributed by atoms with van der Waals surface area (Å²) in [4.78, 5) is 16.7. The highest BCUT2D eigenvalue weighted by atomic mass is 32.2. The highest BCUT2D eigenvalue weighted by Crippen LogP contribution is 2.16. The number of nitrogens with one attached hydrogen (secondary N) is 1. The van der Waals surface area contributed by atoms with E-state index in [0.29, 0.717) is 13.1 Å². The molecule has 0 unspecified atom stereocenters. The molecule has 1 heterocycles. The maximum absolute atomic E-state index is 13.0. The van der Waals surface area contributed by atoms with Crippen LogP contribution in [-0.2, 0) is 14.6 Å². The maximum Gasteiger partial charge on any atom is 0.221 e. The molecule has 1 N–H and O–H groups in total. The van der Waals surface area contributed by atoms with E-state index in [2.05, 4.69) is 15.1 Å². The van der Waals surface area contributed by atoms with Gasteiger partial charge in [-0.15, -0.1) is 0 Å². The predicted octanol–water partition coefficient (Wildman–Crippen LogP) is 1.93. The SMILES string of the molecule is O=C(CCS(=O)(=O)c1ccccc1)NCCN1CCN(c2ccc(F)cc2)CC1. The number of benzene rings is 2. The second kappa shape index (κ2) is 9.84. The fourth-order valence-corrected chi connectivity index (χ4v) is 4.56. The van der Waals surface area contributed by atoms with Gasteiger partial charge in [0.1, 0.15) is 5.82 Å². The Morgan fingerprint density at radius 3 is 2.28 bits per heavy atom. The lowest BCUT2D eigenvalue weighted by Gasteiger charge is -2.36. The number of amides is 1. The third-order valence-corrected chi connectivity index (χ3v) is 6.75. The summed E-state index contributed by atoms with van der Waals surface area (Å²) >= 11 is 0. The number of sulfone groups is 1. The molecule has 156 valence electrons. The highest BCUT2D eigenvalue weighted by molar-refractivity contribution is 7.91. The molecule has 2 aromatic rings. The van der Waals surface area contributed by atoms with Gasteiger partial charge in [0.15, 0.2) is 9.84 Å². The predicted molar refractivity (Wildman–Crippen MR) is 111 cm³/mol. The van der Waals surface area contributed by atoms with Crippen LogP contribution in [0.25, 0.3) is 0 Å². The number of rotatable bonds is 8. The Morgan fingerprint density at radius 2 is 1.62 bits per heavy atom. The van der Waals surface area contributed by atoms with Gasteiger partial charge in [0.25, 0.3) is 0 Å². The summed E-state index contributed by atoms with van der Waals surface area (Å²) in [5, 5.41) is 2.80. The van der Waals surface area contributed by atoms with Crippen LogP contribution in [-0.4, -0.2) is 64.2 Å². The number of carbonyl (C=O) groups is 1. The zero-order valence-electron chi connectivity index (χ0n) is 16.3. The Bertz CT molecular complexity index is 897. The fourth-order valence-electron chi connectivity index (χ4n) is 3.30. The average molecular weight is 420 g/mol. The van der Waals surface area contributed by atoms with Gasteiger partial charge in [0, 0.05) is 51.4 Å². The van der Waals surface area contributed by atoms with E-state index in [1.807, 2.05) is 0 Å². The van der Waals surface area contributed by atoms with Crippen LogP contribution in [0.15, 0.2) is 59.5 Å². The van der Waals surface area contributed by atoms with Crippen molar-refractivity contribution in [2.75, 3.05) is 49.9 Å². The van der Waals surface area contributed by atoms with Gasteiger partial charge < -0.3 is 10.2 Å². The van der Waals surface area contributed by atoms with Crippen LogP contribution in [0, 0.1) is 5.82 Å². The normalized spacial score (nSPS) is 15.3. The molecule has 0 atom stereocenters. The van der Waals surface area contributed by atoms with Gasteiger partial charge in [-0.3, -0.25) is 9.69 Å². The van der Waals surface area contributed by atoms with Crippen molar-refractivity contribution in [1.29, 1.82) is 0 Å². The van der Waals surface area contributed by atoms with Crippen LogP contribution in [0.3, 0.4) is 0 Å². The van der Waals surface area contributed by atoms with E-state index >= 15 is 0 Å². The molecule has 1 aliphatic heterocycles. The van der Waals surface area contributed by atoms with Gasteiger partial charge in [0.05, 0.1) is 10.6 Å². The van der Waals surface area contributed by atoms with Crippen molar-refractivity contribution < 1.29 is 17.6 Å². The molecule has 3 rings (SSSR count). The van der Waals surface area contributed by atoms with Crippen molar-refractivity contribution in [2.24, 2.45) is 0 Å². The van der Waals surface area contributed by atoms with Crippen LogP contribution in [0.1, 0.15) is 6.42 Å². The molecule has 0 aliphatic carbocycles. The van der Waals surface area contributed by atoms with Crippen LogP contribution in [0.4, 0.5) is 10.1 Å². The van der Waals surface area contributed by atoms with Crippen LogP contribution in [0.5, 0.6) is 0 Å². The first-order valence-electron chi connectivity index (χ1n) is 9.71. The van der Waals surface area contributed by atoms with E-state index in [1.165, 1.54) is 12.1 Å². The van der Waals surface area contributed by atoms with Crippen molar-refractivity contribution in [3.8, 4) is 0 Å². The molecule has 1 amide bonds. The van der Waals surface area contributed by atoms with Crippen molar-refractivity contribution >= 4 is 21.4 Å². The molecule has 1 saturated heterocycles. The average Bonchev–Trinajstić information content (AvgIpc) is 2.74. The minimum absolute atomic E-state index is 0.0461. The van der Waals surface area contributed by atoms with E-state index in [-0.39, 0.29) is 28.8 Å². The lowest BCUT2D eigenvalue weighted by Crippen LogP contribution is -2.48. The molecule has 6 nitrogen and oxygen atoms in total. The number of anilines is 1. The van der Waals surface area contributed by atoms with Crippen molar-refractivity contribution in [1.82, 2.24) is 10.2 Å². The fraction of sp³-hybridized carbons (Fsp3) is 0.381. The van der Waals surface area contributed by atoms with Crippen LogP contribution in [0.2, 0.25) is 0 Å². The molecule has 0 bridgehead atoms. The zero-order valence-corrected chi connectivity index (χ0v) is 17.1. The monoisotopic (exact) mass is 419 g/mol. The lowest BCUT2D eigenvalue weighted by molar-refractivity contribution is -0.120. The largest absolute Gasteiger partial charge is 0.369 e. The second-order valence-corrected chi connectivity index (χ2v) is 9.15. The Hall–Kier alpha value is -2.45. The smallest absolute Gasteiger partial charge is 0.221 e. The Labute approximate surface area is 171 Å². The number of halogens is 1. The molecule has 0 spiro atoms.